The average molecular weight is 327 g/mol. The molecule has 1 N–H and O–H groups in total. The number of rotatable bonds is 4. The van der Waals surface area contributed by atoms with E-state index in [-0.39, 0.29) is 5.91 Å². The number of carbonyl (C=O) groups is 1. The third-order valence-corrected chi connectivity index (χ3v) is 4.62. The third kappa shape index (κ3) is 3.79. The molecule has 5 heteroatoms. The Balaban J connectivity index is 1.58. The number of carbonyl (C=O) groups excluding carboxylic acids is 1. The largest absolute Gasteiger partial charge is 0.497 e. The van der Waals surface area contributed by atoms with Crippen molar-refractivity contribution in [1.29, 1.82) is 0 Å². The van der Waals surface area contributed by atoms with Crippen molar-refractivity contribution in [2.45, 2.75) is 19.9 Å². The van der Waals surface area contributed by atoms with Gasteiger partial charge in [-0.05, 0) is 36.6 Å². The van der Waals surface area contributed by atoms with E-state index in [0.717, 1.165) is 56.0 Å². The number of hydrogen-bond acceptors (Lipinski definition) is 3. The molecule has 1 aliphatic heterocycles. The van der Waals surface area contributed by atoms with Gasteiger partial charge in [-0.15, -0.1) is 0 Å². The van der Waals surface area contributed by atoms with Gasteiger partial charge in [-0.1, -0.05) is 12.1 Å². The molecule has 2 aromatic rings. The van der Waals surface area contributed by atoms with E-state index in [1.54, 1.807) is 13.3 Å². The molecule has 1 fully saturated rings. The van der Waals surface area contributed by atoms with Crippen molar-refractivity contribution in [3.63, 3.8) is 0 Å². The Morgan fingerprint density at radius 2 is 1.92 bits per heavy atom. The molecule has 24 heavy (non-hydrogen) atoms. The van der Waals surface area contributed by atoms with Gasteiger partial charge in [-0.2, -0.15) is 0 Å². The van der Waals surface area contributed by atoms with Crippen LogP contribution < -0.4 is 4.74 Å². The van der Waals surface area contributed by atoms with E-state index < -0.39 is 0 Å². The molecule has 1 amide bonds. The number of aromatic amines is 1. The van der Waals surface area contributed by atoms with Crippen LogP contribution in [0.1, 0.15) is 27.9 Å². The summed E-state index contributed by atoms with van der Waals surface area (Å²) in [6.45, 7) is 6.40. The predicted octanol–water partition coefficient (Wildman–Crippen LogP) is 2.68. The van der Waals surface area contributed by atoms with Gasteiger partial charge in [-0.25, -0.2) is 0 Å². The minimum absolute atomic E-state index is 0.139. The highest BCUT2D eigenvalue weighted by Gasteiger charge is 2.21. The first kappa shape index (κ1) is 16.6. The topological polar surface area (TPSA) is 48.6 Å². The van der Waals surface area contributed by atoms with E-state index in [2.05, 4.69) is 22.0 Å². The van der Waals surface area contributed by atoms with Crippen molar-refractivity contribution in [2.75, 3.05) is 33.3 Å². The van der Waals surface area contributed by atoms with Gasteiger partial charge in [-0.3, -0.25) is 9.69 Å². The number of aromatic nitrogens is 1. The first-order valence-corrected chi connectivity index (χ1v) is 8.45. The second-order valence-corrected chi connectivity index (χ2v) is 6.32. The fourth-order valence-electron chi connectivity index (χ4n) is 3.16. The van der Waals surface area contributed by atoms with Gasteiger partial charge in [0.05, 0.1) is 12.7 Å². The summed E-state index contributed by atoms with van der Waals surface area (Å²) in [5, 5.41) is 0. The molecule has 0 saturated carbocycles. The Labute approximate surface area is 143 Å². The average Bonchev–Trinajstić information content (AvgIpc) is 2.89. The summed E-state index contributed by atoms with van der Waals surface area (Å²) in [5.74, 6) is 1.02. The zero-order chi connectivity index (χ0) is 16.9. The van der Waals surface area contributed by atoms with E-state index in [1.807, 2.05) is 30.2 Å². The predicted molar refractivity (Wildman–Crippen MR) is 94.3 cm³/mol. The van der Waals surface area contributed by atoms with Crippen molar-refractivity contribution in [3.8, 4) is 5.75 Å². The Morgan fingerprint density at radius 1 is 1.12 bits per heavy atom. The molecule has 1 saturated heterocycles. The third-order valence-electron chi connectivity index (χ3n) is 4.62. The molecule has 1 aromatic heterocycles. The van der Waals surface area contributed by atoms with Crippen molar-refractivity contribution >= 4 is 5.91 Å². The first-order chi connectivity index (χ1) is 11.7. The van der Waals surface area contributed by atoms with E-state index in [1.165, 1.54) is 5.56 Å². The lowest BCUT2D eigenvalue weighted by Crippen LogP contribution is -2.35. The molecule has 5 nitrogen and oxygen atoms in total. The second kappa shape index (κ2) is 7.53. The van der Waals surface area contributed by atoms with Crippen molar-refractivity contribution in [2.24, 2.45) is 0 Å². The van der Waals surface area contributed by atoms with Crippen LogP contribution in [-0.2, 0) is 6.54 Å². The van der Waals surface area contributed by atoms with Crippen LogP contribution in [0.25, 0.3) is 0 Å². The van der Waals surface area contributed by atoms with E-state index in [4.69, 9.17) is 4.74 Å². The smallest absolute Gasteiger partial charge is 0.255 e. The number of ether oxygens (including phenoxy) is 1. The van der Waals surface area contributed by atoms with Crippen LogP contribution in [0.4, 0.5) is 0 Å². The number of benzene rings is 1. The van der Waals surface area contributed by atoms with Gasteiger partial charge in [0.25, 0.3) is 5.91 Å². The molecule has 0 aliphatic carbocycles. The maximum Gasteiger partial charge on any atom is 0.255 e. The number of H-pyrrole nitrogens is 1. The summed E-state index contributed by atoms with van der Waals surface area (Å²) >= 11 is 0. The van der Waals surface area contributed by atoms with E-state index in [9.17, 15) is 4.79 Å². The molecule has 0 radical (unpaired) electrons. The van der Waals surface area contributed by atoms with Crippen LogP contribution in [0, 0.1) is 6.92 Å². The summed E-state index contributed by atoms with van der Waals surface area (Å²) in [4.78, 5) is 20.1. The number of nitrogens with one attached hydrogen (secondary N) is 1. The second-order valence-electron chi connectivity index (χ2n) is 6.32. The van der Waals surface area contributed by atoms with Crippen LogP contribution in [0.5, 0.6) is 5.75 Å². The maximum absolute atomic E-state index is 12.6. The molecule has 0 bridgehead atoms. The SMILES string of the molecule is COc1ccc(CN2CCCN(C(=O)c3c[nH]cc3C)CC2)cc1. The van der Waals surface area contributed by atoms with Crippen LogP contribution in [0.3, 0.4) is 0 Å². The molecular formula is C19H25N3O2. The van der Waals surface area contributed by atoms with Crippen LogP contribution in [-0.4, -0.2) is 54.0 Å². The monoisotopic (exact) mass is 327 g/mol. The number of hydrogen-bond donors (Lipinski definition) is 1. The number of nitrogens with zero attached hydrogens (tertiary/aromatic N) is 2. The molecular weight excluding hydrogens is 302 g/mol. The summed E-state index contributed by atoms with van der Waals surface area (Å²) in [6.07, 6.45) is 4.68. The number of methoxy groups -OCH3 is 1. The van der Waals surface area contributed by atoms with Crippen LogP contribution in [0.15, 0.2) is 36.7 Å². The highest BCUT2D eigenvalue weighted by Crippen LogP contribution is 2.16. The zero-order valence-electron chi connectivity index (χ0n) is 14.4. The lowest BCUT2D eigenvalue weighted by atomic mass is 10.2. The van der Waals surface area contributed by atoms with Gasteiger partial charge in [0.2, 0.25) is 0 Å². The van der Waals surface area contributed by atoms with Crippen LogP contribution in [0.2, 0.25) is 0 Å². The van der Waals surface area contributed by atoms with Gasteiger partial charge in [0.15, 0.2) is 0 Å². The molecule has 0 unspecified atom stereocenters. The van der Waals surface area contributed by atoms with Crippen molar-refractivity contribution in [3.05, 3.63) is 53.3 Å². The fraction of sp³-hybridized carbons (Fsp3) is 0.421. The quantitative estimate of drug-likeness (QED) is 0.939. The molecule has 3 rings (SSSR count). The lowest BCUT2D eigenvalue weighted by Gasteiger charge is -2.22. The Hall–Kier alpha value is -2.27. The molecule has 1 aromatic carbocycles. The minimum Gasteiger partial charge on any atom is -0.497 e. The molecule has 0 atom stereocenters. The van der Waals surface area contributed by atoms with Gasteiger partial charge < -0.3 is 14.6 Å². The number of amides is 1. The molecule has 128 valence electrons. The Kier molecular flexibility index (Phi) is 5.20. The van der Waals surface area contributed by atoms with Gasteiger partial charge >= 0.3 is 0 Å². The Morgan fingerprint density at radius 3 is 2.58 bits per heavy atom. The molecule has 1 aliphatic rings. The lowest BCUT2D eigenvalue weighted by molar-refractivity contribution is 0.0760. The Bertz CT molecular complexity index is 678. The summed E-state index contributed by atoms with van der Waals surface area (Å²) in [6, 6.07) is 8.21. The number of aryl methyl sites for hydroxylation is 1. The summed E-state index contributed by atoms with van der Waals surface area (Å²) in [5.41, 5.74) is 3.08. The minimum atomic E-state index is 0.139. The maximum atomic E-state index is 12.6. The molecule has 0 spiro atoms. The van der Waals surface area contributed by atoms with Gasteiger partial charge in [0, 0.05) is 45.1 Å². The normalized spacial score (nSPS) is 16.0. The fourth-order valence-corrected chi connectivity index (χ4v) is 3.16. The van der Waals surface area contributed by atoms with Crippen molar-refractivity contribution < 1.29 is 9.53 Å². The summed E-state index contributed by atoms with van der Waals surface area (Å²) < 4.78 is 5.20. The van der Waals surface area contributed by atoms with Gasteiger partial charge in [0.1, 0.15) is 5.75 Å². The first-order valence-electron chi connectivity index (χ1n) is 8.45. The highest BCUT2D eigenvalue weighted by atomic mass is 16.5. The summed E-state index contributed by atoms with van der Waals surface area (Å²) in [7, 11) is 1.68. The highest BCUT2D eigenvalue weighted by molar-refractivity contribution is 5.95. The van der Waals surface area contributed by atoms with E-state index in [0.29, 0.717) is 0 Å². The molecule has 2 heterocycles. The standard InChI is InChI=1S/C19H25N3O2/c1-15-12-20-13-18(15)19(23)22-9-3-8-21(10-11-22)14-16-4-6-17(24-2)7-5-16/h4-7,12-13,20H,3,8-11,14H2,1-2H3. The van der Waals surface area contributed by atoms with E-state index >= 15 is 0 Å². The van der Waals surface area contributed by atoms with Crippen LogP contribution >= 0.6 is 0 Å². The van der Waals surface area contributed by atoms with Crippen molar-refractivity contribution in [1.82, 2.24) is 14.8 Å². The zero-order valence-corrected chi connectivity index (χ0v) is 14.4.